The maximum atomic E-state index is 2.48. The van der Waals surface area contributed by atoms with Crippen LogP contribution in [0, 0.1) is 0 Å². The molecule has 0 aromatic heterocycles. The fourth-order valence-electron chi connectivity index (χ4n) is 1.92. The van der Waals surface area contributed by atoms with E-state index in [1.54, 1.807) is 0 Å². The van der Waals surface area contributed by atoms with Gasteiger partial charge in [-0.1, -0.05) is 0 Å². The van der Waals surface area contributed by atoms with Crippen LogP contribution in [0.25, 0.3) is 0 Å². The van der Waals surface area contributed by atoms with Gasteiger partial charge in [0.2, 0.25) is 0 Å². The van der Waals surface area contributed by atoms with Gasteiger partial charge >= 0.3 is 0 Å². The van der Waals surface area contributed by atoms with E-state index in [-0.39, 0.29) is 0 Å². The molecule has 0 aromatic carbocycles. The minimum atomic E-state index is 0.917. The molecule has 2 rings (SSSR count). The molecule has 0 spiro atoms. The summed E-state index contributed by atoms with van der Waals surface area (Å²) in [6.07, 6.45) is 1.44. The molecule has 8 heavy (non-hydrogen) atoms. The van der Waals surface area contributed by atoms with Gasteiger partial charge in [0, 0.05) is 6.42 Å². The van der Waals surface area contributed by atoms with E-state index in [0.717, 1.165) is 12.1 Å². The second-order valence-corrected chi connectivity index (χ2v) is 3.06. The van der Waals surface area contributed by atoms with Gasteiger partial charge in [0.1, 0.15) is 6.04 Å². The third kappa shape index (κ3) is 0.501. The summed E-state index contributed by atoms with van der Waals surface area (Å²) in [6.45, 7) is 2.67. The molecule has 2 heterocycles. The Hall–Kier alpha value is -0.0800. The second kappa shape index (κ2) is 1.45. The molecule has 2 aliphatic rings. The van der Waals surface area contributed by atoms with E-state index in [0.29, 0.717) is 0 Å². The van der Waals surface area contributed by atoms with Crippen LogP contribution in [-0.2, 0) is 0 Å². The smallest absolute Gasteiger partial charge is 0.101 e. The van der Waals surface area contributed by atoms with Crippen molar-refractivity contribution in [1.82, 2.24) is 4.90 Å². The Morgan fingerprint density at radius 2 is 2.50 bits per heavy atom. The minimum Gasteiger partial charge on any atom is -0.341 e. The van der Waals surface area contributed by atoms with E-state index in [1.807, 2.05) is 0 Å². The van der Waals surface area contributed by atoms with E-state index in [2.05, 4.69) is 17.3 Å². The van der Waals surface area contributed by atoms with Crippen molar-refractivity contribution in [3.8, 4) is 0 Å². The fraction of sp³-hybridized carbons (Fsp3) is 1.00. The number of nitrogens with zero attached hydrogens (tertiary/aromatic N) is 1. The first-order chi connectivity index (χ1) is 3.86. The second-order valence-electron chi connectivity index (χ2n) is 3.06. The van der Waals surface area contributed by atoms with Crippen molar-refractivity contribution in [3.05, 3.63) is 0 Å². The van der Waals surface area contributed by atoms with Crippen LogP contribution in [0.15, 0.2) is 0 Å². The van der Waals surface area contributed by atoms with E-state index in [4.69, 9.17) is 0 Å². The zero-order valence-corrected chi connectivity index (χ0v) is 5.30. The SMILES string of the molecule is CN1C[C@H]2C[C@@H]1C[NH2+]2. The molecule has 2 saturated heterocycles. The molecule has 0 saturated carbocycles. The predicted octanol–water partition coefficient (Wildman–Crippen LogP) is -1.36. The molecule has 2 atom stereocenters. The molecule has 2 bridgehead atoms. The van der Waals surface area contributed by atoms with Gasteiger partial charge in [0.15, 0.2) is 0 Å². The number of piperazine rings is 1. The van der Waals surface area contributed by atoms with Crippen molar-refractivity contribution in [1.29, 1.82) is 0 Å². The van der Waals surface area contributed by atoms with Gasteiger partial charge in [0.25, 0.3) is 0 Å². The van der Waals surface area contributed by atoms with Crippen LogP contribution in [-0.4, -0.2) is 37.1 Å². The van der Waals surface area contributed by atoms with Gasteiger partial charge in [-0.3, -0.25) is 4.90 Å². The molecule has 2 heteroatoms. The molecule has 0 radical (unpaired) electrons. The quantitative estimate of drug-likeness (QED) is 0.411. The van der Waals surface area contributed by atoms with Crippen LogP contribution in [0.1, 0.15) is 6.42 Å². The molecule has 0 amide bonds. The van der Waals surface area contributed by atoms with Crippen LogP contribution in [0.3, 0.4) is 0 Å². The molecular formula is C6H13N2+. The number of likely N-dealkylation sites (tertiary alicyclic amines) is 1. The predicted molar refractivity (Wildman–Crippen MR) is 31.6 cm³/mol. The van der Waals surface area contributed by atoms with Crippen LogP contribution < -0.4 is 5.32 Å². The molecule has 2 nitrogen and oxygen atoms in total. The Balaban J connectivity index is 2.11. The van der Waals surface area contributed by atoms with Crippen LogP contribution >= 0.6 is 0 Å². The third-order valence-electron chi connectivity index (χ3n) is 2.46. The van der Waals surface area contributed by atoms with Crippen molar-refractivity contribution < 1.29 is 5.32 Å². The Morgan fingerprint density at radius 3 is 2.75 bits per heavy atom. The highest BCUT2D eigenvalue weighted by atomic mass is 15.3. The maximum absolute atomic E-state index is 2.48. The van der Waals surface area contributed by atoms with Gasteiger partial charge in [-0.25, -0.2) is 0 Å². The van der Waals surface area contributed by atoms with E-state index < -0.39 is 0 Å². The minimum absolute atomic E-state index is 0.917. The summed E-state index contributed by atoms with van der Waals surface area (Å²) in [5, 5.41) is 2.48. The largest absolute Gasteiger partial charge is 0.341 e. The fourth-order valence-corrected chi connectivity index (χ4v) is 1.92. The summed E-state index contributed by atoms with van der Waals surface area (Å²) in [5.74, 6) is 0. The molecule has 46 valence electrons. The van der Waals surface area contributed by atoms with Gasteiger partial charge in [-0.15, -0.1) is 0 Å². The van der Waals surface area contributed by atoms with Gasteiger partial charge in [-0.05, 0) is 7.05 Å². The Kier molecular flexibility index (Phi) is 0.866. The highest BCUT2D eigenvalue weighted by molar-refractivity contribution is 4.85. The average molecular weight is 113 g/mol. The topological polar surface area (TPSA) is 19.9 Å². The number of nitrogens with two attached hydrogens (primary N) is 1. The van der Waals surface area contributed by atoms with Crippen LogP contribution in [0.4, 0.5) is 0 Å². The lowest BCUT2D eigenvalue weighted by molar-refractivity contribution is -0.677. The first-order valence-electron chi connectivity index (χ1n) is 3.40. The van der Waals surface area contributed by atoms with Crippen molar-refractivity contribution in [2.45, 2.75) is 18.5 Å². The van der Waals surface area contributed by atoms with E-state index >= 15 is 0 Å². The summed E-state index contributed by atoms with van der Waals surface area (Å²) >= 11 is 0. The summed E-state index contributed by atoms with van der Waals surface area (Å²) in [4.78, 5) is 2.48. The number of fused-ring (bicyclic) bond motifs is 2. The highest BCUT2D eigenvalue weighted by Gasteiger charge is 2.38. The van der Waals surface area contributed by atoms with Gasteiger partial charge in [-0.2, -0.15) is 0 Å². The summed E-state index contributed by atoms with van der Waals surface area (Å²) in [5.41, 5.74) is 0. The lowest BCUT2D eigenvalue weighted by Crippen LogP contribution is -2.90. The first-order valence-corrected chi connectivity index (χ1v) is 3.40. The number of likely N-dealkylation sites (N-methyl/N-ethyl adjacent to an activating group) is 1. The molecular weight excluding hydrogens is 100 g/mol. The van der Waals surface area contributed by atoms with Crippen LogP contribution in [0.5, 0.6) is 0 Å². The number of rotatable bonds is 0. The average Bonchev–Trinajstić information content (AvgIpc) is 2.23. The third-order valence-corrected chi connectivity index (χ3v) is 2.46. The molecule has 0 aliphatic carbocycles. The summed E-state index contributed by atoms with van der Waals surface area (Å²) < 4.78 is 0. The number of hydrogen-bond acceptors (Lipinski definition) is 1. The molecule has 2 N–H and O–H groups in total. The van der Waals surface area contributed by atoms with E-state index in [1.165, 1.54) is 19.5 Å². The van der Waals surface area contributed by atoms with Crippen molar-refractivity contribution in [2.75, 3.05) is 20.1 Å². The molecule has 2 aliphatic heterocycles. The number of quaternary nitrogens is 1. The Morgan fingerprint density at radius 1 is 1.62 bits per heavy atom. The lowest BCUT2D eigenvalue weighted by atomic mass is 10.2. The first kappa shape index (κ1) is 4.77. The Labute approximate surface area is 49.9 Å². The monoisotopic (exact) mass is 113 g/mol. The normalized spacial score (nSPS) is 46.1. The standard InChI is InChI=1S/C6H12N2/c1-8-4-5-2-6(8)3-7-5/h5-7H,2-4H2,1H3/p+1/t5-,6-/m1/s1. The van der Waals surface area contributed by atoms with Crippen molar-refractivity contribution in [3.63, 3.8) is 0 Å². The van der Waals surface area contributed by atoms with Crippen molar-refractivity contribution in [2.24, 2.45) is 0 Å². The molecule has 0 unspecified atom stereocenters. The zero-order valence-electron chi connectivity index (χ0n) is 5.30. The summed E-state index contributed by atoms with van der Waals surface area (Å²) in [7, 11) is 2.23. The van der Waals surface area contributed by atoms with E-state index in [9.17, 15) is 0 Å². The molecule has 2 fully saturated rings. The van der Waals surface area contributed by atoms with Crippen LogP contribution in [0.2, 0.25) is 0 Å². The lowest BCUT2D eigenvalue weighted by Gasteiger charge is -2.18. The maximum Gasteiger partial charge on any atom is 0.101 e. The van der Waals surface area contributed by atoms with Gasteiger partial charge < -0.3 is 5.32 Å². The zero-order chi connectivity index (χ0) is 5.56. The number of hydrogen-bond donors (Lipinski definition) is 1. The van der Waals surface area contributed by atoms with Gasteiger partial charge in [0.05, 0.1) is 19.1 Å². The molecule has 0 aromatic rings. The Bertz CT molecular complexity index is 101. The highest BCUT2D eigenvalue weighted by Crippen LogP contribution is 2.15. The summed E-state index contributed by atoms with van der Waals surface area (Å²) in [6, 6.07) is 1.87. The van der Waals surface area contributed by atoms with Crippen molar-refractivity contribution >= 4 is 0 Å².